The summed E-state index contributed by atoms with van der Waals surface area (Å²) >= 11 is 0. The lowest BCUT2D eigenvalue weighted by atomic mass is 10.1. The van der Waals surface area contributed by atoms with Crippen LogP contribution in [-0.4, -0.2) is 30.0 Å². The van der Waals surface area contributed by atoms with Gasteiger partial charge in [0.25, 0.3) is 5.91 Å². The lowest BCUT2D eigenvalue weighted by molar-refractivity contribution is 0.102. The molecule has 0 aliphatic heterocycles. The molecule has 0 atom stereocenters. The zero-order valence-electron chi connectivity index (χ0n) is 14.8. The molecule has 0 unspecified atom stereocenters. The van der Waals surface area contributed by atoms with Crippen LogP contribution < -0.4 is 10.2 Å². The van der Waals surface area contributed by atoms with E-state index in [0.29, 0.717) is 22.8 Å². The molecule has 0 spiro atoms. The highest BCUT2D eigenvalue weighted by Gasteiger charge is 2.18. The van der Waals surface area contributed by atoms with Gasteiger partial charge in [-0.05, 0) is 37.3 Å². The van der Waals surface area contributed by atoms with Crippen LogP contribution in [0, 0.1) is 12.7 Å². The molecule has 3 rings (SSSR count). The van der Waals surface area contributed by atoms with Gasteiger partial charge < -0.3 is 10.2 Å². The number of aryl methyl sites for hydroxylation is 1. The minimum atomic E-state index is -0.390. The van der Waals surface area contributed by atoms with Gasteiger partial charge in [-0.1, -0.05) is 23.8 Å². The summed E-state index contributed by atoms with van der Waals surface area (Å²) in [6, 6.07) is 13.3. The molecule has 26 heavy (non-hydrogen) atoms. The van der Waals surface area contributed by atoms with Crippen LogP contribution in [0.3, 0.4) is 0 Å². The number of rotatable bonds is 4. The Bertz CT molecular complexity index is 939. The third-order valence-corrected chi connectivity index (χ3v) is 3.89. The molecule has 0 saturated carbocycles. The second kappa shape index (κ2) is 7.31. The smallest absolute Gasteiger partial charge is 0.255 e. The summed E-state index contributed by atoms with van der Waals surface area (Å²) < 4.78 is 13.1. The van der Waals surface area contributed by atoms with Crippen LogP contribution in [0.15, 0.2) is 54.9 Å². The summed E-state index contributed by atoms with van der Waals surface area (Å²) in [6.07, 6.45) is 1.47. The number of aromatic nitrogens is 2. The standard InChI is InChI=1S/C20H19FN4O/c1-13-5-4-6-15(11-13)17-18(19(25(2)3)23-12-22-17)24-20(26)14-7-9-16(21)10-8-14/h4-12H,1-3H3,(H,24,26). The molecule has 0 aliphatic rings. The monoisotopic (exact) mass is 350 g/mol. The molecule has 0 saturated heterocycles. The lowest BCUT2D eigenvalue weighted by Gasteiger charge is -2.19. The number of halogens is 1. The van der Waals surface area contributed by atoms with Gasteiger partial charge in [0.15, 0.2) is 5.82 Å². The molecule has 0 bridgehead atoms. The second-order valence-corrected chi connectivity index (χ2v) is 6.15. The highest BCUT2D eigenvalue weighted by atomic mass is 19.1. The number of nitrogens with zero attached hydrogens (tertiary/aromatic N) is 3. The molecular formula is C20H19FN4O. The van der Waals surface area contributed by atoms with E-state index in [4.69, 9.17) is 0 Å². The topological polar surface area (TPSA) is 58.1 Å². The molecule has 1 amide bonds. The highest BCUT2D eigenvalue weighted by Crippen LogP contribution is 2.32. The maximum Gasteiger partial charge on any atom is 0.255 e. The number of hydrogen-bond acceptors (Lipinski definition) is 4. The Morgan fingerprint density at radius 3 is 2.46 bits per heavy atom. The van der Waals surface area contributed by atoms with E-state index in [1.165, 1.54) is 30.6 Å². The van der Waals surface area contributed by atoms with Gasteiger partial charge >= 0.3 is 0 Å². The van der Waals surface area contributed by atoms with Gasteiger partial charge in [-0.15, -0.1) is 0 Å². The van der Waals surface area contributed by atoms with Crippen molar-refractivity contribution in [3.8, 4) is 11.3 Å². The number of carbonyl (C=O) groups is 1. The van der Waals surface area contributed by atoms with Gasteiger partial charge in [0, 0.05) is 25.2 Å². The number of amides is 1. The van der Waals surface area contributed by atoms with E-state index in [-0.39, 0.29) is 11.7 Å². The fraction of sp³-hybridized carbons (Fsp3) is 0.150. The molecule has 3 aromatic rings. The molecule has 0 aliphatic carbocycles. The summed E-state index contributed by atoms with van der Waals surface area (Å²) in [7, 11) is 3.69. The van der Waals surface area contributed by atoms with Gasteiger partial charge in [-0.3, -0.25) is 4.79 Å². The summed E-state index contributed by atoms with van der Waals surface area (Å²) in [5, 5.41) is 2.89. The quantitative estimate of drug-likeness (QED) is 0.775. The normalized spacial score (nSPS) is 10.5. The van der Waals surface area contributed by atoms with Crippen molar-refractivity contribution in [3.63, 3.8) is 0 Å². The third kappa shape index (κ3) is 3.69. The molecule has 1 N–H and O–H groups in total. The number of benzene rings is 2. The maximum atomic E-state index is 13.1. The Hall–Kier alpha value is -3.28. The van der Waals surface area contributed by atoms with Crippen LogP contribution in [0.5, 0.6) is 0 Å². The van der Waals surface area contributed by atoms with Gasteiger partial charge in [0.1, 0.15) is 17.8 Å². The fourth-order valence-corrected chi connectivity index (χ4v) is 2.63. The average molecular weight is 350 g/mol. The fourth-order valence-electron chi connectivity index (χ4n) is 2.63. The Morgan fingerprint density at radius 2 is 1.81 bits per heavy atom. The van der Waals surface area contributed by atoms with Crippen molar-refractivity contribution in [2.75, 3.05) is 24.3 Å². The van der Waals surface area contributed by atoms with Crippen molar-refractivity contribution in [1.29, 1.82) is 0 Å². The molecule has 132 valence electrons. The zero-order chi connectivity index (χ0) is 18.7. The molecule has 5 nitrogen and oxygen atoms in total. The van der Waals surface area contributed by atoms with Crippen molar-refractivity contribution in [2.24, 2.45) is 0 Å². The Balaban J connectivity index is 2.06. The molecule has 0 fully saturated rings. The van der Waals surface area contributed by atoms with Crippen molar-refractivity contribution in [1.82, 2.24) is 9.97 Å². The summed E-state index contributed by atoms with van der Waals surface area (Å²) in [6.45, 7) is 1.99. The van der Waals surface area contributed by atoms with Crippen LogP contribution in [-0.2, 0) is 0 Å². The Kier molecular flexibility index (Phi) is 4.93. The summed E-state index contributed by atoms with van der Waals surface area (Å²) in [5.74, 6) is -0.150. The summed E-state index contributed by atoms with van der Waals surface area (Å²) in [4.78, 5) is 23.1. The van der Waals surface area contributed by atoms with Crippen molar-refractivity contribution in [2.45, 2.75) is 6.92 Å². The SMILES string of the molecule is Cc1cccc(-c2ncnc(N(C)C)c2NC(=O)c2ccc(F)cc2)c1. The summed E-state index contributed by atoms with van der Waals surface area (Å²) in [5.41, 5.74) is 3.46. The molecular weight excluding hydrogens is 331 g/mol. The van der Waals surface area contributed by atoms with Gasteiger partial charge in [-0.25, -0.2) is 14.4 Å². The van der Waals surface area contributed by atoms with Crippen molar-refractivity contribution in [3.05, 3.63) is 71.8 Å². The van der Waals surface area contributed by atoms with Crippen LogP contribution >= 0.6 is 0 Å². The molecule has 0 radical (unpaired) electrons. The van der Waals surface area contributed by atoms with Gasteiger partial charge in [0.2, 0.25) is 0 Å². The Morgan fingerprint density at radius 1 is 1.08 bits per heavy atom. The van der Waals surface area contributed by atoms with E-state index >= 15 is 0 Å². The largest absolute Gasteiger partial charge is 0.361 e. The number of hydrogen-bond donors (Lipinski definition) is 1. The van der Waals surface area contributed by atoms with Crippen LogP contribution in [0.25, 0.3) is 11.3 Å². The van der Waals surface area contributed by atoms with Gasteiger partial charge in [0.05, 0.1) is 5.69 Å². The van der Waals surface area contributed by atoms with E-state index < -0.39 is 0 Å². The minimum Gasteiger partial charge on any atom is -0.361 e. The average Bonchev–Trinajstić information content (AvgIpc) is 2.62. The first kappa shape index (κ1) is 17.5. The minimum absolute atomic E-state index is 0.350. The predicted molar refractivity (Wildman–Crippen MR) is 101 cm³/mol. The van der Waals surface area contributed by atoms with E-state index in [1.54, 1.807) is 4.90 Å². The number of carbonyl (C=O) groups excluding carboxylic acids is 1. The van der Waals surface area contributed by atoms with Crippen LogP contribution in [0.1, 0.15) is 15.9 Å². The maximum absolute atomic E-state index is 13.1. The second-order valence-electron chi connectivity index (χ2n) is 6.15. The molecule has 2 aromatic carbocycles. The number of anilines is 2. The highest BCUT2D eigenvalue weighted by molar-refractivity contribution is 6.07. The van der Waals surface area contributed by atoms with Crippen LogP contribution in [0.4, 0.5) is 15.9 Å². The van der Waals surface area contributed by atoms with Crippen molar-refractivity contribution >= 4 is 17.4 Å². The Labute approximate surface area is 151 Å². The molecule has 1 aromatic heterocycles. The van der Waals surface area contributed by atoms with E-state index in [2.05, 4.69) is 15.3 Å². The molecule has 1 heterocycles. The van der Waals surface area contributed by atoms with Gasteiger partial charge in [-0.2, -0.15) is 0 Å². The van der Waals surface area contributed by atoms with Crippen LogP contribution in [0.2, 0.25) is 0 Å². The zero-order valence-corrected chi connectivity index (χ0v) is 14.8. The first-order chi connectivity index (χ1) is 12.5. The third-order valence-electron chi connectivity index (χ3n) is 3.89. The van der Waals surface area contributed by atoms with E-state index in [1.807, 2.05) is 45.3 Å². The first-order valence-corrected chi connectivity index (χ1v) is 8.12. The number of nitrogens with one attached hydrogen (secondary N) is 1. The van der Waals surface area contributed by atoms with E-state index in [0.717, 1.165) is 11.1 Å². The predicted octanol–water partition coefficient (Wildman–Crippen LogP) is 3.91. The van der Waals surface area contributed by atoms with E-state index in [9.17, 15) is 9.18 Å². The lowest BCUT2D eigenvalue weighted by Crippen LogP contribution is -2.19. The molecule has 6 heteroatoms. The van der Waals surface area contributed by atoms with Crippen molar-refractivity contribution < 1.29 is 9.18 Å². The first-order valence-electron chi connectivity index (χ1n) is 8.12.